The van der Waals surface area contributed by atoms with Crippen molar-refractivity contribution in [2.45, 2.75) is 72.6 Å². The molecule has 108 valence electrons. The summed E-state index contributed by atoms with van der Waals surface area (Å²) in [6, 6.07) is 0. The number of carbonyl (C=O) groups is 1. The van der Waals surface area contributed by atoms with Gasteiger partial charge in [0.1, 0.15) is 5.78 Å². The maximum atomic E-state index is 11.4. The van der Waals surface area contributed by atoms with Crippen LogP contribution < -0.4 is 0 Å². The normalized spacial score (nSPS) is 37.8. The summed E-state index contributed by atoms with van der Waals surface area (Å²) in [4.78, 5) is 11.4. The standard InChI is InChI=1S/C18H30O/c1-13-7-10-16-17(3,4)11-6-12-18(16,5)15(13)9-8-14(2)19/h15-16H,1,6-12H2,2-5H3/t15-,16+,18+/m1/s1. The molecule has 0 radical (unpaired) electrons. The van der Waals surface area contributed by atoms with Crippen LogP contribution in [0.25, 0.3) is 0 Å². The molecule has 0 aromatic heterocycles. The minimum Gasteiger partial charge on any atom is -0.300 e. The Labute approximate surface area is 118 Å². The second-order valence-corrected chi connectivity index (χ2v) is 7.89. The van der Waals surface area contributed by atoms with Gasteiger partial charge < -0.3 is 4.79 Å². The first-order valence-electron chi connectivity index (χ1n) is 7.94. The monoisotopic (exact) mass is 262 g/mol. The fourth-order valence-electron chi connectivity index (χ4n) is 5.16. The predicted octanol–water partition coefficient (Wildman–Crippen LogP) is 5.15. The zero-order valence-electron chi connectivity index (χ0n) is 13.2. The highest BCUT2D eigenvalue weighted by atomic mass is 16.1. The van der Waals surface area contributed by atoms with Gasteiger partial charge in [-0.2, -0.15) is 0 Å². The van der Waals surface area contributed by atoms with E-state index in [1.54, 1.807) is 6.92 Å². The van der Waals surface area contributed by atoms with Crippen molar-refractivity contribution >= 4 is 5.78 Å². The van der Waals surface area contributed by atoms with Crippen molar-refractivity contribution in [2.24, 2.45) is 22.7 Å². The molecule has 2 aliphatic carbocycles. The molecule has 2 rings (SSSR count). The van der Waals surface area contributed by atoms with Gasteiger partial charge in [-0.25, -0.2) is 0 Å². The Bertz CT molecular complexity index is 379. The van der Waals surface area contributed by atoms with E-state index in [-0.39, 0.29) is 0 Å². The zero-order valence-corrected chi connectivity index (χ0v) is 13.2. The number of ketones is 1. The van der Waals surface area contributed by atoms with Crippen LogP contribution in [0.15, 0.2) is 12.2 Å². The first-order chi connectivity index (χ1) is 8.77. The van der Waals surface area contributed by atoms with E-state index in [2.05, 4.69) is 27.4 Å². The van der Waals surface area contributed by atoms with E-state index in [1.807, 2.05) is 0 Å². The van der Waals surface area contributed by atoms with Crippen LogP contribution in [0.3, 0.4) is 0 Å². The third-order valence-electron chi connectivity index (χ3n) is 6.10. The fourth-order valence-corrected chi connectivity index (χ4v) is 5.16. The summed E-state index contributed by atoms with van der Waals surface area (Å²) >= 11 is 0. The van der Waals surface area contributed by atoms with Gasteiger partial charge in [0.2, 0.25) is 0 Å². The molecular weight excluding hydrogens is 232 g/mol. The minimum absolute atomic E-state index is 0.327. The highest BCUT2D eigenvalue weighted by Crippen LogP contribution is 2.61. The predicted molar refractivity (Wildman–Crippen MR) is 81.0 cm³/mol. The van der Waals surface area contributed by atoms with Gasteiger partial charge in [0.05, 0.1) is 0 Å². The van der Waals surface area contributed by atoms with Crippen LogP contribution in [0.1, 0.15) is 72.6 Å². The van der Waals surface area contributed by atoms with Gasteiger partial charge in [-0.1, -0.05) is 39.3 Å². The molecule has 0 spiro atoms. The van der Waals surface area contributed by atoms with Crippen LogP contribution in [0.5, 0.6) is 0 Å². The van der Waals surface area contributed by atoms with E-state index in [0.29, 0.717) is 22.5 Å². The molecule has 2 aliphatic rings. The Hall–Kier alpha value is -0.590. The summed E-state index contributed by atoms with van der Waals surface area (Å²) in [5, 5.41) is 0. The number of hydrogen-bond acceptors (Lipinski definition) is 1. The van der Waals surface area contributed by atoms with Gasteiger partial charge in [0.15, 0.2) is 0 Å². The van der Waals surface area contributed by atoms with Crippen molar-refractivity contribution in [2.75, 3.05) is 0 Å². The number of carbonyl (C=O) groups excluding carboxylic acids is 1. The van der Waals surface area contributed by atoms with Crippen LogP contribution in [0.4, 0.5) is 0 Å². The lowest BCUT2D eigenvalue weighted by Gasteiger charge is -2.58. The Balaban J connectivity index is 2.24. The van der Waals surface area contributed by atoms with Crippen molar-refractivity contribution in [1.29, 1.82) is 0 Å². The lowest BCUT2D eigenvalue weighted by atomic mass is 9.47. The third kappa shape index (κ3) is 2.66. The molecule has 0 aliphatic heterocycles. The summed E-state index contributed by atoms with van der Waals surface area (Å²) in [5.74, 6) is 1.69. The lowest BCUT2D eigenvalue weighted by molar-refractivity contribution is -0.118. The van der Waals surface area contributed by atoms with Crippen LogP contribution in [0, 0.1) is 22.7 Å². The number of fused-ring (bicyclic) bond motifs is 1. The van der Waals surface area contributed by atoms with Crippen molar-refractivity contribution in [1.82, 2.24) is 0 Å². The molecule has 0 aromatic carbocycles. The van der Waals surface area contributed by atoms with Crippen molar-refractivity contribution < 1.29 is 4.79 Å². The summed E-state index contributed by atoms with van der Waals surface area (Å²) in [7, 11) is 0. The van der Waals surface area contributed by atoms with Crippen LogP contribution in [0.2, 0.25) is 0 Å². The van der Waals surface area contributed by atoms with Crippen LogP contribution in [-0.2, 0) is 4.79 Å². The molecule has 1 nitrogen and oxygen atoms in total. The first-order valence-corrected chi connectivity index (χ1v) is 7.94. The Morgan fingerprint density at radius 3 is 2.63 bits per heavy atom. The van der Waals surface area contributed by atoms with E-state index in [9.17, 15) is 4.79 Å². The van der Waals surface area contributed by atoms with Crippen molar-refractivity contribution in [3.8, 4) is 0 Å². The Morgan fingerprint density at radius 2 is 2.00 bits per heavy atom. The van der Waals surface area contributed by atoms with Gasteiger partial charge in [0.25, 0.3) is 0 Å². The number of hydrogen-bond donors (Lipinski definition) is 0. The summed E-state index contributed by atoms with van der Waals surface area (Å²) in [6.07, 6.45) is 8.25. The molecule has 0 unspecified atom stereocenters. The fraction of sp³-hybridized carbons (Fsp3) is 0.833. The van der Waals surface area contributed by atoms with Gasteiger partial charge >= 0.3 is 0 Å². The molecule has 3 atom stereocenters. The number of Topliss-reactive ketones (excluding diaryl/α,β-unsaturated/α-hetero) is 1. The molecule has 0 N–H and O–H groups in total. The smallest absolute Gasteiger partial charge is 0.129 e. The minimum atomic E-state index is 0.327. The summed E-state index contributed by atoms with van der Waals surface area (Å²) < 4.78 is 0. The SMILES string of the molecule is C=C1CC[C@H]2C(C)(C)CCC[C@@]2(C)[C@@H]1CCC(C)=O. The molecule has 2 saturated carbocycles. The van der Waals surface area contributed by atoms with E-state index >= 15 is 0 Å². The second-order valence-electron chi connectivity index (χ2n) is 7.89. The third-order valence-corrected chi connectivity index (χ3v) is 6.10. The maximum absolute atomic E-state index is 11.4. The quantitative estimate of drug-likeness (QED) is 0.642. The Morgan fingerprint density at radius 1 is 1.32 bits per heavy atom. The van der Waals surface area contributed by atoms with Gasteiger partial charge in [-0.05, 0) is 61.7 Å². The van der Waals surface area contributed by atoms with E-state index in [1.165, 1.54) is 37.7 Å². The maximum Gasteiger partial charge on any atom is 0.129 e. The van der Waals surface area contributed by atoms with E-state index in [0.717, 1.165) is 18.8 Å². The molecule has 1 heteroatoms. The molecule has 19 heavy (non-hydrogen) atoms. The highest BCUT2D eigenvalue weighted by molar-refractivity contribution is 5.75. The average molecular weight is 262 g/mol. The van der Waals surface area contributed by atoms with Crippen molar-refractivity contribution in [3.05, 3.63) is 12.2 Å². The van der Waals surface area contributed by atoms with E-state index in [4.69, 9.17) is 0 Å². The first kappa shape index (κ1) is 14.8. The van der Waals surface area contributed by atoms with Gasteiger partial charge in [-0.3, -0.25) is 0 Å². The number of rotatable bonds is 3. The largest absolute Gasteiger partial charge is 0.300 e. The molecule has 0 bridgehead atoms. The molecule has 0 heterocycles. The molecular formula is C18H30O. The summed E-state index contributed by atoms with van der Waals surface area (Å²) in [6.45, 7) is 13.4. The van der Waals surface area contributed by atoms with Crippen LogP contribution >= 0.6 is 0 Å². The average Bonchev–Trinajstić information content (AvgIpc) is 2.26. The molecule has 0 saturated heterocycles. The van der Waals surface area contributed by atoms with E-state index < -0.39 is 0 Å². The lowest BCUT2D eigenvalue weighted by Crippen LogP contribution is -2.49. The summed E-state index contributed by atoms with van der Waals surface area (Å²) in [5.41, 5.74) is 2.26. The topological polar surface area (TPSA) is 17.1 Å². The van der Waals surface area contributed by atoms with Crippen LogP contribution in [-0.4, -0.2) is 5.78 Å². The van der Waals surface area contributed by atoms with Gasteiger partial charge in [0, 0.05) is 6.42 Å². The molecule has 0 aromatic rings. The highest BCUT2D eigenvalue weighted by Gasteiger charge is 2.52. The van der Waals surface area contributed by atoms with Crippen molar-refractivity contribution in [3.63, 3.8) is 0 Å². The second kappa shape index (κ2) is 5.07. The molecule has 0 amide bonds. The Kier molecular flexibility index (Phi) is 3.95. The van der Waals surface area contributed by atoms with Gasteiger partial charge in [-0.15, -0.1) is 0 Å². The molecule has 2 fully saturated rings. The zero-order chi connectivity index (χ0) is 14.3. The number of allylic oxidation sites excluding steroid dienone is 1.